The number of benzene rings is 1. The standard InChI is InChI=1S/C14H19NO3/c1-18-13(17)11-4-2-5-12(8-11)15-9-14(10-16)6-3-7-14/h2,4-5,8,15-16H,3,6-7,9-10H2,1H3. The van der Waals surface area contributed by atoms with Crippen LogP contribution in [0.25, 0.3) is 0 Å². The first-order chi connectivity index (χ1) is 8.69. The molecule has 18 heavy (non-hydrogen) atoms. The zero-order valence-corrected chi connectivity index (χ0v) is 10.6. The van der Waals surface area contributed by atoms with Gasteiger partial charge >= 0.3 is 5.97 Å². The number of ether oxygens (including phenoxy) is 1. The highest BCUT2D eigenvalue weighted by atomic mass is 16.5. The first-order valence-corrected chi connectivity index (χ1v) is 6.22. The van der Waals surface area contributed by atoms with E-state index < -0.39 is 0 Å². The molecule has 0 aromatic heterocycles. The van der Waals surface area contributed by atoms with Gasteiger partial charge in [0.05, 0.1) is 19.3 Å². The average molecular weight is 249 g/mol. The van der Waals surface area contributed by atoms with Gasteiger partial charge in [-0.15, -0.1) is 0 Å². The van der Waals surface area contributed by atoms with Gasteiger partial charge in [0.15, 0.2) is 0 Å². The molecule has 0 aliphatic heterocycles. The maximum absolute atomic E-state index is 11.4. The second-order valence-electron chi connectivity index (χ2n) is 4.94. The summed E-state index contributed by atoms with van der Waals surface area (Å²) in [5.74, 6) is -0.334. The Morgan fingerprint density at radius 2 is 2.28 bits per heavy atom. The van der Waals surface area contributed by atoms with Crippen LogP contribution in [-0.4, -0.2) is 31.3 Å². The quantitative estimate of drug-likeness (QED) is 0.784. The Bertz CT molecular complexity index is 421. The number of carbonyl (C=O) groups is 1. The van der Waals surface area contributed by atoms with E-state index >= 15 is 0 Å². The van der Waals surface area contributed by atoms with E-state index in [4.69, 9.17) is 0 Å². The molecule has 0 spiro atoms. The van der Waals surface area contributed by atoms with Crippen LogP contribution in [0.4, 0.5) is 5.69 Å². The summed E-state index contributed by atoms with van der Waals surface area (Å²) in [6.07, 6.45) is 3.31. The van der Waals surface area contributed by atoms with Crippen molar-refractivity contribution in [3.63, 3.8) is 0 Å². The number of methoxy groups -OCH3 is 1. The lowest BCUT2D eigenvalue weighted by Gasteiger charge is -2.40. The van der Waals surface area contributed by atoms with Gasteiger partial charge in [-0.05, 0) is 31.0 Å². The SMILES string of the molecule is COC(=O)c1cccc(NCC2(CO)CCC2)c1. The summed E-state index contributed by atoms with van der Waals surface area (Å²) in [4.78, 5) is 11.4. The maximum Gasteiger partial charge on any atom is 0.337 e. The molecular weight excluding hydrogens is 230 g/mol. The normalized spacial score (nSPS) is 16.8. The van der Waals surface area contributed by atoms with Crippen LogP contribution in [0.2, 0.25) is 0 Å². The predicted octanol–water partition coefficient (Wildman–Crippen LogP) is 2.05. The Morgan fingerprint density at radius 3 is 2.83 bits per heavy atom. The lowest BCUT2D eigenvalue weighted by atomic mass is 9.69. The first kappa shape index (κ1) is 12.9. The molecule has 4 nitrogen and oxygen atoms in total. The molecule has 0 atom stereocenters. The van der Waals surface area contributed by atoms with Gasteiger partial charge in [-0.3, -0.25) is 0 Å². The molecule has 1 aromatic carbocycles. The maximum atomic E-state index is 11.4. The van der Waals surface area contributed by atoms with Crippen molar-refractivity contribution in [2.45, 2.75) is 19.3 Å². The molecule has 1 aliphatic rings. The zero-order valence-electron chi connectivity index (χ0n) is 10.6. The third-order valence-electron chi connectivity index (χ3n) is 3.70. The summed E-state index contributed by atoms with van der Waals surface area (Å²) in [6.45, 7) is 0.963. The van der Waals surface area contributed by atoms with Crippen LogP contribution >= 0.6 is 0 Å². The molecule has 0 radical (unpaired) electrons. The van der Waals surface area contributed by atoms with E-state index in [2.05, 4.69) is 10.1 Å². The van der Waals surface area contributed by atoms with E-state index in [0.717, 1.165) is 25.1 Å². The summed E-state index contributed by atoms with van der Waals surface area (Å²) in [7, 11) is 1.37. The smallest absolute Gasteiger partial charge is 0.337 e. The van der Waals surface area contributed by atoms with Crippen molar-refractivity contribution < 1.29 is 14.6 Å². The summed E-state index contributed by atoms with van der Waals surface area (Å²) < 4.78 is 4.68. The molecule has 1 fully saturated rings. The molecule has 98 valence electrons. The third-order valence-corrected chi connectivity index (χ3v) is 3.70. The van der Waals surface area contributed by atoms with Crippen molar-refractivity contribution >= 4 is 11.7 Å². The second kappa shape index (κ2) is 5.40. The molecule has 2 rings (SSSR count). The van der Waals surface area contributed by atoms with E-state index in [1.807, 2.05) is 12.1 Å². The molecule has 1 aromatic rings. The minimum absolute atomic E-state index is 0.0290. The highest BCUT2D eigenvalue weighted by Crippen LogP contribution is 2.40. The van der Waals surface area contributed by atoms with Crippen molar-refractivity contribution in [1.29, 1.82) is 0 Å². The molecule has 4 heteroatoms. The van der Waals surface area contributed by atoms with E-state index in [9.17, 15) is 9.90 Å². The molecule has 0 unspecified atom stereocenters. The number of anilines is 1. The van der Waals surface area contributed by atoms with Gasteiger partial charge < -0.3 is 15.2 Å². The number of rotatable bonds is 5. The molecule has 0 bridgehead atoms. The van der Waals surface area contributed by atoms with Crippen LogP contribution in [-0.2, 0) is 4.74 Å². The monoisotopic (exact) mass is 249 g/mol. The summed E-state index contributed by atoms with van der Waals surface area (Å²) >= 11 is 0. The molecule has 1 saturated carbocycles. The Balaban J connectivity index is 1.99. The Labute approximate surface area is 107 Å². The van der Waals surface area contributed by atoms with Crippen LogP contribution in [0.1, 0.15) is 29.6 Å². The lowest BCUT2D eigenvalue weighted by molar-refractivity contribution is 0.0575. The van der Waals surface area contributed by atoms with Gasteiger partial charge in [-0.1, -0.05) is 12.5 Å². The molecule has 0 amide bonds. The summed E-state index contributed by atoms with van der Waals surface area (Å²) in [5.41, 5.74) is 1.45. The summed E-state index contributed by atoms with van der Waals surface area (Å²) in [5, 5.41) is 12.7. The van der Waals surface area contributed by atoms with Gasteiger partial charge in [0.1, 0.15) is 0 Å². The van der Waals surface area contributed by atoms with E-state index in [1.54, 1.807) is 12.1 Å². The predicted molar refractivity (Wildman–Crippen MR) is 69.6 cm³/mol. The Morgan fingerprint density at radius 1 is 1.50 bits per heavy atom. The topological polar surface area (TPSA) is 58.6 Å². The molecule has 2 N–H and O–H groups in total. The van der Waals surface area contributed by atoms with Crippen molar-refractivity contribution in [2.75, 3.05) is 25.6 Å². The van der Waals surface area contributed by atoms with Crippen LogP contribution in [0.3, 0.4) is 0 Å². The van der Waals surface area contributed by atoms with Crippen LogP contribution in [0, 0.1) is 5.41 Å². The highest BCUT2D eigenvalue weighted by molar-refractivity contribution is 5.90. The molecular formula is C14H19NO3. The lowest BCUT2D eigenvalue weighted by Crippen LogP contribution is -2.39. The van der Waals surface area contributed by atoms with Crippen LogP contribution in [0.15, 0.2) is 24.3 Å². The van der Waals surface area contributed by atoms with Gasteiger partial charge in [-0.25, -0.2) is 4.79 Å². The largest absolute Gasteiger partial charge is 0.465 e. The van der Waals surface area contributed by atoms with Gasteiger partial charge in [0.25, 0.3) is 0 Å². The van der Waals surface area contributed by atoms with Gasteiger partial charge in [-0.2, -0.15) is 0 Å². The van der Waals surface area contributed by atoms with Crippen molar-refractivity contribution in [2.24, 2.45) is 5.41 Å². The highest BCUT2D eigenvalue weighted by Gasteiger charge is 2.35. The van der Waals surface area contributed by atoms with Crippen molar-refractivity contribution in [1.82, 2.24) is 0 Å². The molecule has 1 aliphatic carbocycles. The fourth-order valence-corrected chi connectivity index (χ4v) is 2.23. The van der Waals surface area contributed by atoms with Crippen molar-refractivity contribution in [3.8, 4) is 0 Å². The van der Waals surface area contributed by atoms with E-state index in [1.165, 1.54) is 13.5 Å². The average Bonchev–Trinajstić information content (AvgIpc) is 2.37. The number of nitrogens with one attached hydrogen (secondary N) is 1. The second-order valence-corrected chi connectivity index (χ2v) is 4.94. The molecule has 0 saturated heterocycles. The number of esters is 1. The number of aliphatic hydroxyl groups is 1. The Hall–Kier alpha value is -1.55. The zero-order chi connectivity index (χ0) is 13.0. The Kier molecular flexibility index (Phi) is 3.87. The summed E-state index contributed by atoms with van der Waals surface area (Å²) in [6, 6.07) is 7.23. The van der Waals surface area contributed by atoms with Gasteiger partial charge in [0, 0.05) is 17.6 Å². The number of carbonyl (C=O) groups excluding carboxylic acids is 1. The number of hydrogen-bond acceptors (Lipinski definition) is 4. The molecule has 0 heterocycles. The third kappa shape index (κ3) is 2.64. The van der Waals surface area contributed by atoms with E-state index in [0.29, 0.717) is 5.56 Å². The van der Waals surface area contributed by atoms with E-state index in [-0.39, 0.29) is 18.0 Å². The van der Waals surface area contributed by atoms with Gasteiger partial charge in [0.2, 0.25) is 0 Å². The van der Waals surface area contributed by atoms with Crippen LogP contribution in [0.5, 0.6) is 0 Å². The number of hydrogen-bond donors (Lipinski definition) is 2. The minimum atomic E-state index is -0.334. The van der Waals surface area contributed by atoms with Crippen molar-refractivity contribution in [3.05, 3.63) is 29.8 Å². The minimum Gasteiger partial charge on any atom is -0.465 e. The van der Waals surface area contributed by atoms with Crippen LogP contribution < -0.4 is 5.32 Å². The fraction of sp³-hybridized carbons (Fsp3) is 0.500. The number of aliphatic hydroxyl groups excluding tert-OH is 1. The first-order valence-electron chi connectivity index (χ1n) is 6.22. The fourth-order valence-electron chi connectivity index (χ4n) is 2.23.